The highest BCUT2D eigenvalue weighted by Gasteiger charge is 2.06. The lowest BCUT2D eigenvalue weighted by molar-refractivity contribution is 0.894. The van der Waals surface area contributed by atoms with Crippen molar-refractivity contribution in [3.63, 3.8) is 0 Å². The van der Waals surface area contributed by atoms with Crippen LogP contribution in [0.5, 0.6) is 0 Å². The topological polar surface area (TPSA) is 46.5 Å². The summed E-state index contributed by atoms with van der Waals surface area (Å²) in [7, 11) is 0. The van der Waals surface area contributed by atoms with Crippen LogP contribution in [0.3, 0.4) is 0 Å². The Bertz CT molecular complexity index is 746. The molecule has 1 aromatic carbocycles. The third kappa shape index (κ3) is 1.79. The molecule has 84 valence electrons. The van der Waals surface area contributed by atoms with E-state index < -0.39 is 0 Å². The minimum atomic E-state index is 0.556. The Morgan fingerprint density at radius 1 is 1.35 bits per heavy atom. The van der Waals surface area contributed by atoms with Crippen LogP contribution in [0.4, 0.5) is 0 Å². The number of hydrogen-bond donors (Lipinski definition) is 1. The largest absolute Gasteiger partial charge is 0.330 e. The molecule has 0 saturated carbocycles. The van der Waals surface area contributed by atoms with Gasteiger partial charge in [-0.15, -0.1) is 0 Å². The van der Waals surface area contributed by atoms with Gasteiger partial charge in [-0.25, -0.2) is 9.67 Å². The molecule has 1 N–H and O–H groups in total. The summed E-state index contributed by atoms with van der Waals surface area (Å²) >= 11 is 8.59. The van der Waals surface area contributed by atoms with Crippen LogP contribution in [0, 0.1) is 4.64 Å². The van der Waals surface area contributed by atoms with Crippen molar-refractivity contribution in [3.8, 4) is 5.69 Å². The van der Waals surface area contributed by atoms with Gasteiger partial charge in [-0.05, 0) is 18.2 Å². The van der Waals surface area contributed by atoms with E-state index in [1.807, 2.05) is 24.3 Å². The molecule has 2 aromatic heterocycles. The Morgan fingerprint density at radius 2 is 2.24 bits per heavy atom. The zero-order valence-electron chi connectivity index (χ0n) is 8.59. The van der Waals surface area contributed by atoms with E-state index in [-0.39, 0.29) is 0 Å². The van der Waals surface area contributed by atoms with Gasteiger partial charge in [-0.1, -0.05) is 34.2 Å². The molecule has 0 unspecified atom stereocenters. The van der Waals surface area contributed by atoms with E-state index in [4.69, 9.17) is 12.2 Å². The fourth-order valence-electron chi connectivity index (χ4n) is 1.67. The quantitative estimate of drug-likeness (QED) is 0.702. The Kier molecular flexibility index (Phi) is 2.53. The maximum Gasteiger partial charge on any atom is 0.145 e. The van der Waals surface area contributed by atoms with E-state index in [0.717, 1.165) is 21.2 Å². The molecule has 0 amide bonds. The molecule has 0 aliphatic rings. The number of hydrogen-bond acceptors (Lipinski definition) is 3. The first-order chi connectivity index (χ1) is 8.25. The second-order valence-corrected chi connectivity index (χ2v) is 4.81. The minimum absolute atomic E-state index is 0.556. The summed E-state index contributed by atoms with van der Waals surface area (Å²) in [5.74, 6) is 0. The average Bonchev–Trinajstić information content (AvgIpc) is 2.74. The van der Waals surface area contributed by atoms with E-state index in [1.54, 1.807) is 17.2 Å². The molecule has 17 heavy (non-hydrogen) atoms. The van der Waals surface area contributed by atoms with Gasteiger partial charge in [0, 0.05) is 4.47 Å². The molecule has 2 heterocycles. The van der Waals surface area contributed by atoms with Gasteiger partial charge in [0.1, 0.15) is 10.3 Å². The molecular formula is C11H7BrN4S. The first-order valence-corrected chi connectivity index (χ1v) is 6.13. The molecule has 0 spiro atoms. The standard InChI is InChI=1S/C11H7BrN4S/c12-7-2-1-3-8(4-7)16-10-9(5-15-16)11(17)14-6-13-10/h1-6H,(H,13,14,17). The van der Waals surface area contributed by atoms with Crippen molar-refractivity contribution >= 4 is 39.2 Å². The van der Waals surface area contributed by atoms with Crippen molar-refractivity contribution in [1.29, 1.82) is 0 Å². The fraction of sp³-hybridized carbons (Fsp3) is 0. The van der Waals surface area contributed by atoms with E-state index in [2.05, 4.69) is 31.0 Å². The number of halogens is 1. The summed E-state index contributed by atoms with van der Waals surface area (Å²) < 4.78 is 3.36. The number of rotatable bonds is 1. The lowest BCUT2D eigenvalue weighted by atomic mass is 10.3. The van der Waals surface area contributed by atoms with Gasteiger partial charge < -0.3 is 4.98 Å². The number of aromatic amines is 1. The van der Waals surface area contributed by atoms with Crippen molar-refractivity contribution in [2.75, 3.05) is 0 Å². The normalized spacial score (nSPS) is 10.9. The van der Waals surface area contributed by atoms with Crippen LogP contribution in [-0.4, -0.2) is 19.7 Å². The van der Waals surface area contributed by atoms with Crippen LogP contribution in [0.15, 0.2) is 41.3 Å². The maximum absolute atomic E-state index is 5.15. The number of aromatic nitrogens is 4. The lowest BCUT2D eigenvalue weighted by Gasteiger charge is -2.03. The van der Waals surface area contributed by atoms with Crippen molar-refractivity contribution in [3.05, 3.63) is 45.9 Å². The Labute approximate surface area is 110 Å². The third-order valence-electron chi connectivity index (χ3n) is 2.44. The summed E-state index contributed by atoms with van der Waals surface area (Å²) in [6, 6.07) is 7.90. The van der Waals surface area contributed by atoms with Crippen LogP contribution in [0.2, 0.25) is 0 Å². The van der Waals surface area contributed by atoms with Crippen LogP contribution in [0.1, 0.15) is 0 Å². The van der Waals surface area contributed by atoms with E-state index in [0.29, 0.717) is 4.64 Å². The smallest absolute Gasteiger partial charge is 0.145 e. The van der Waals surface area contributed by atoms with Gasteiger partial charge in [0.05, 0.1) is 23.6 Å². The van der Waals surface area contributed by atoms with Crippen molar-refractivity contribution in [2.45, 2.75) is 0 Å². The number of benzene rings is 1. The summed E-state index contributed by atoms with van der Waals surface area (Å²) in [6.45, 7) is 0. The van der Waals surface area contributed by atoms with Gasteiger partial charge in [0.2, 0.25) is 0 Å². The monoisotopic (exact) mass is 306 g/mol. The van der Waals surface area contributed by atoms with Crippen LogP contribution < -0.4 is 0 Å². The van der Waals surface area contributed by atoms with E-state index in [9.17, 15) is 0 Å². The highest BCUT2D eigenvalue weighted by Crippen LogP contribution is 2.19. The Balaban J connectivity index is 2.32. The van der Waals surface area contributed by atoms with Gasteiger partial charge in [-0.3, -0.25) is 0 Å². The number of H-pyrrole nitrogens is 1. The van der Waals surface area contributed by atoms with Crippen molar-refractivity contribution in [1.82, 2.24) is 19.7 Å². The summed E-state index contributed by atoms with van der Waals surface area (Å²) in [5, 5.41) is 5.17. The zero-order valence-corrected chi connectivity index (χ0v) is 11.0. The minimum Gasteiger partial charge on any atom is -0.330 e. The summed E-state index contributed by atoms with van der Waals surface area (Å²) in [5.41, 5.74) is 1.81. The summed E-state index contributed by atoms with van der Waals surface area (Å²) in [6.07, 6.45) is 3.31. The molecule has 0 aliphatic carbocycles. The second kappa shape index (κ2) is 4.05. The Hall–Kier alpha value is -1.53. The molecule has 0 fully saturated rings. The van der Waals surface area contributed by atoms with Crippen LogP contribution >= 0.6 is 28.1 Å². The van der Waals surface area contributed by atoms with E-state index >= 15 is 0 Å². The van der Waals surface area contributed by atoms with Gasteiger partial charge in [0.25, 0.3) is 0 Å². The highest BCUT2D eigenvalue weighted by atomic mass is 79.9. The lowest BCUT2D eigenvalue weighted by Crippen LogP contribution is -1.97. The number of nitrogens with one attached hydrogen (secondary N) is 1. The molecule has 3 rings (SSSR count). The van der Waals surface area contributed by atoms with Crippen molar-refractivity contribution < 1.29 is 0 Å². The zero-order chi connectivity index (χ0) is 11.8. The molecular weight excluding hydrogens is 300 g/mol. The highest BCUT2D eigenvalue weighted by molar-refractivity contribution is 9.10. The molecule has 0 aliphatic heterocycles. The predicted molar refractivity (Wildman–Crippen MR) is 71.7 cm³/mol. The second-order valence-electron chi connectivity index (χ2n) is 3.51. The van der Waals surface area contributed by atoms with Gasteiger partial charge in [0.15, 0.2) is 0 Å². The molecule has 0 saturated heterocycles. The third-order valence-corrected chi connectivity index (χ3v) is 3.25. The molecule has 0 radical (unpaired) electrons. The van der Waals surface area contributed by atoms with Gasteiger partial charge in [-0.2, -0.15) is 5.10 Å². The molecule has 3 aromatic rings. The molecule has 4 nitrogen and oxygen atoms in total. The molecule has 0 bridgehead atoms. The predicted octanol–water partition coefficient (Wildman–Crippen LogP) is 3.24. The first kappa shape index (κ1) is 10.6. The van der Waals surface area contributed by atoms with Crippen molar-refractivity contribution in [2.24, 2.45) is 0 Å². The summed E-state index contributed by atoms with van der Waals surface area (Å²) in [4.78, 5) is 7.09. The fourth-order valence-corrected chi connectivity index (χ4v) is 2.26. The number of fused-ring (bicyclic) bond motifs is 1. The van der Waals surface area contributed by atoms with E-state index in [1.165, 1.54) is 0 Å². The van der Waals surface area contributed by atoms with Crippen LogP contribution in [-0.2, 0) is 0 Å². The average molecular weight is 307 g/mol. The molecule has 0 atom stereocenters. The number of nitrogens with zero attached hydrogens (tertiary/aromatic N) is 3. The Morgan fingerprint density at radius 3 is 3.06 bits per heavy atom. The SMILES string of the molecule is S=c1nc[nH]c2c1cnn2-c1cccc(Br)c1. The van der Waals surface area contributed by atoms with Crippen LogP contribution in [0.25, 0.3) is 16.7 Å². The molecule has 6 heteroatoms. The first-order valence-electron chi connectivity index (χ1n) is 4.93. The maximum atomic E-state index is 5.15. The van der Waals surface area contributed by atoms with Gasteiger partial charge >= 0.3 is 0 Å².